The molecule has 0 bridgehead atoms. The van der Waals surface area contributed by atoms with E-state index in [1.165, 1.54) is 22.2 Å². The number of amides is 1. The first-order valence-corrected chi connectivity index (χ1v) is 8.85. The molecule has 0 fully saturated rings. The van der Waals surface area contributed by atoms with Gasteiger partial charge in [0.1, 0.15) is 19.8 Å². The molecule has 0 saturated heterocycles. The van der Waals surface area contributed by atoms with Crippen LogP contribution in [-0.2, 0) is 11.3 Å². The number of carbonyl (C=O) groups is 1. The Balaban J connectivity index is 1.54. The Morgan fingerprint density at radius 2 is 2.00 bits per heavy atom. The third kappa shape index (κ3) is 3.01. The zero-order chi connectivity index (χ0) is 18.3. The molecular formula is C17H16N4O4S. The average Bonchev–Trinajstić information content (AvgIpc) is 3.01. The molecule has 0 spiro atoms. The zero-order valence-electron chi connectivity index (χ0n) is 14.2. The Labute approximate surface area is 152 Å². The van der Waals surface area contributed by atoms with Crippen LogP contribution in [0.25, 0.3) is 10.2 Å². The molecule has 26 heavy (non-hydrogen) atoms. The van der Waals surface area contributed by atoms with Crippen molar-refractivity contribution < 1.29 is 14.3 Å². The van der Waals surface area contributed by atoms with Gasteiger partial charge >= 0.3 is 0 Å². The van der Waals surface area contributed by atoms with E-state index in [0.29, 0.717) is 41.1 Å². The number of thiazole rings is 1. The van der Waals surface area contributed by atoms with Crippen molar-refractivity contribution in [2.24, 2.45) is 0 Å². The van der Waals surface area contributed by atoms with Crippen molar-refractivity contribution in [3.63, 3.8) is 0 Å². The molecule has 0 saturated carbocycles. The maximum atomic E-state index is 12.3. The van der Waals surface area contributed by atoms with Crippen LogP contribution in [0.2, 0.25) is 0 Å². The van der Waals surface area contributed by atoms with Crippen LogP contribution in [0.5, 0.6) is 11.5 Å². The molecule has 9 heteroatoms. The predicted octanol–water partition coefficient (Wildman–Crippen LogP) is 1.88. The molecule has 3 heterocycles. The SMILES string of the molecule is Cc1ncn(CC(=O)Nc2nc3cc4c(cc3s2)OCCO4)c(=O)c1C. The smallest absolute Gasteiger partial charge is 0.256 e. The minimum Gasteiger partial charge on any atom is -0.486 e. The lowest BCUT2D eigenvalue weighted by Gasteiger charge is -2.17. The summed E-state index contributed by atoms with van der Waals surface area (Å²) in [7, 11) is 0. The normalized spacial score (nSPS) is 13.0. The van der Waals surface area contributed by atoms with Gasteiger partial charge in [-0.1, -0.05) is 11.3 Å². The molecule has 4 rings (SSSR count). The fourth-order valence-corrected chi connectivity index (χ4v) is 3.51. The fourth-order valence-electron chi connectivity index (χ4n) is 2.62. The number of anilines is 1. The van der Waals surface area contributed by atoms with E-state index >= 15 is 0 Å². The van der Waals surface area contributed by atoms with Crippen molar-refractivity contribution in [2.75, 3.05) is 18.5 Å². The Kier molecular flexibility index (Phi) is 4.08. The van der Waals surface area contributed by atoms with Crippen LogP contribution in [0, 0.1) is 13.8 Å². The van der Waals surface area contributed by atoms with Gasteiger partial charge in [-0.2, -0.15) is 0 Å². The molecule has 3 aromatic rings. The lowest BCUT2D eigenvalue weighted by atomic mass is 10.3. The first-order valence-electron chi connectivity index (χ1n) is 8.04. The van der Waals surface area contributed by atoms with Crippen LogP contribution in [-0.4, -0.2) is 33.7 Å². The maximum absolute atomic E-state index is 12.3. The number of aromatic nitrogens is 3. The second kappa shape index (κ2) is 6.41. The van der Waals surface area contributed by atoms with E-state index in [-0.39, 0.29) is 18.0 Å². The third-order valence-electron chi connectivity index (χ3n) is 4.13. The number of ether oxygens (including phenoxy) is 2. The Bertz CT molecular complexity index is 1030. The van der Waals surface area contributed by atoms with Crippen LogP contribution in [0.3, 0.4) is 0 Å². The summed E-state index contributed by atoms with van der Waals surface area (Å²) < 4.78 is 13.3. The van der Waals surface area contributed by atoms with E-state index in [4.69, 9.17) is 9.47 Å². The molecule has 1 aliphatic heterocycles. The maximum Gasteiger partial charge on any atom is 0.256 e. The zero-order valence-corrected chi connectivity index (χ0v) is 15.1. The third-order valence-corrected chi connectivity index (χ3v) is 5.06. The number of aryl methyl sites for hydroxylation is 1. The van der Waals surface area contributed by atoms with Gasteiger partial charge in [-0.3, -0.25) is 14.2 Å². The highest BCUT2D eigenvalue weighted by molar-refractivity contribution is 7.22. The molecule has 0 aliphatic carbocycles. The van der Waals surface area contributed by atoms with Crippen molar-refractivity contribution >= 4 is 32.6 Å². The fraction of sp³-hybridized carbons (Fsp3) is 0.294. The summed E-state index contributed by atoms with van der Waals surface area (Å²) in [4.78, 5) is 33.0. The first-order chi connectivity index (χ1) is 12.5. The average molecular weight is 372 g/mol. The van der Waals surface area contributed by atoms with Crippen LogP contribution in [0.1, 0.15) is 11.3 Å². The topological polar surface area (TPSA) is 95.3 Å². The molecule has 1 amide bonds. The summed E-state index contributed by atoms with van der Waals surface area (Å²) in [5.41, 5.74) is 1.69. The van der Waals surface area contributed by atoms with Crippen molar-refractivity contribution in [2.45, 2.75) is 20.4 Å². The molecule has 134 valence electrons. The van der Waals surface area contributed by atoms with E-state index in [1.807, 2.05) is 6.07 Å². The predicted molar refractivity (Wildman–Crippen MR) is 97.2 cm³/mol. The van der Waals surface area contributed by atoms with Gasteiger partial charge in [0.25, 0.3) is 5.56 Å². The molecule has 1 aromatic carbocycles. The highest BCUT2D eigenvalue weighted by atomic mass is 32.1. The Morgan fingerprint density at radius 3 is 2.77 bits per heavy atom. The quantitative estimate of drug-likeness (QED) is 0.754. The standard InChI is InChI=1S/C17H16N4O4S/c1-9-10(2)18-8-21(16(9)23)7-15(22)20-17-19-11-5-12-13(6-14(11)26-17)25-4-3-24-12/h5-6,8H,3-4,7H2,1-2H3,(H,19,20,22). The van der Waals surface area contributed by atoms with E-state index in [1.54, 1.807) is 19.9 Å². The van der Waals surface area contributed by atoms with Gasteiger partial charge in [0.2, 0.25) is 5.91 Å². The molecular weight excluding hydrogens is 356 g/mol. The Morgan fingerprint density at radius 1 is 1.27 bits per heavy atom. The minimum absolute atomic E-state index is 0.119. The number of fused-ring (bicyclic) bond motifs is 2. The van der Waals surface area contributed by atoms with Crippen LogP contribution in [0.15, 0.2) is 23.3 Å². The summed E-state index contributed by atoms with van der Waals surface area (Å²) in [6, 6.07) is 3.66. The molecule has 2 aromatic heterocycles. The van der Waals surface area contributed by atoms with Crippen LogP contribution < -0.4 is 20.3 Å². The summed E-state index contributed by atoms with van der Waals surface area (Å²) in [5.74, 6) is 0.992. The number of nitrogens with one attached hydrogen (secondary N) is 1. The second-order valence-electron chi connectivity index (χ2n) is 5.92. The number of nitrogens with zero attached hydrogens (tertiary/aromatic N) is 3. The molecule has 0 unspecified atom stereocenters. The van der Waals surface area contributed by atoms with Crippen molar-refractivity contribution in [3.8, 4) is 11.5 Å². The number of hydrogen-bond acceptors (Lipinski definition) is 7. The highest BCUT2D eigenvalue weighted by Gasteiger charge is 2.16. The van der Waals surface area contributed by atoms with Gasteiger partial charge in [-0.05, 0) is 13.8 Å². The summed E-state index contributed by atoms with van der Waals surface area (Å²) in [6.07, 6.45) is 1.38. The number of hydrogen-bond donors (Lipinski definition) is 1. The number of benzene rings is 1. The van der Waals surface area contributed by atoms with Crippen LogP contribution >= 0.6 is 11.3 Å². The van der Waals surface area contributed by atoms with E-state index < -0.39 is 0 Å². The molecule has 0 atom stereocenters. The lowest BCUT2D eigenvalue weighted by Crippen LogP contribution is -2.29. The lowest BCUT2D eigenvalue weighted by molar-refractivity contribution is -0.116. The number of carbonyl (C=O) groups excluding carboxylic acids is 1. The Hall–Kier alpha value is -2.94. The van der Waals surface area contributed by atoms with E-state index in [0.717, 1.165) is 10.2 Å². The van der Waals surface area contributed by atoms with E-state index in [9.17, 15) is 9.59 Å². The van der Waals surface area contributed by atoms with E-state index in [2.05, 4.69) is 15.3 Å². The van der Waals surface area contributed by atoms with Crippen LogP contribution in [0.4, 0.5) is 5.13 Å². The largest absolute Gasteiger partial charge is 0.486 e. The molecule has 1 N–H and O–H groups in total. The van der Waals surface area contributed by atoms with Crippen molar-refractivity contribution in [1.29, 1.82) is 0 Å². The van der Waals surface area contributed by atoms with Gasteiger partial charge in [-0.15, -0.1) is 0 Å². The van der Waals surface area contributed by atoms with Gasteiger partial charge in [0.15, 0.2) is 16.6 Å². The van der Waals surface area contributed by atoms with Crippen molar-refractivity contribution in [1.82, 2.24) is 14.5 Å². The monoisotopic (exact) mass is 372 g/mol. The summed E-state index contributed by atoms with van der Waals surface area (Å²) >= 11 is 1.34. The molecule has 0 radical (unpaired) electrons. The van der Waals surface area contributed by atoms with Gasteiger partial charge in [0, 0.05) is 23.4 Å². The summed E-state index contributed by atoms with van der Waals surface area (Å²) in [5, 5.41) is 3.19. The van der Waals surface area contributed by atoms with Gasteiger partial charge < -0.3 is 14.8 Å². The van der Waals surface area contributed by atoms with Gasteiger partial charge in [-0.25, -0.2) is 9.97 Å². The van der Waals surface area contributed by atoms with Gasteiger partial charge in [0.05, 0.1) is 16.5 Å². The number of rotatable bonds is 3. The molecule has 8 nitrogen and oxygen atoms in total. The molecule has 1 aliphatic rings. The first kappa shape index (κ1) is 16.5. The second-order valence-corrected chi connectivity index (χ2v) is 6.95. The van der Waals surface area contributed by atoms with Crippen molar-refractivity contribution in [3.05, 3.63) is 40.1 Å². The summed E-state index contributed by atoms with van der Waals surface area (Å²) in [6.45, 7) is 4.35. The highest BCUT2D eigenvalue weighted by Crippen LogP contribution is 2.37. The minimum atomic E-state index is -0.339.